The molecule has 0 spiro atoms. The van der Waals surface area contributed by atoms with Crippen molar-refractivity contribution in [3.63, 3.8) is 0 Å². The Morgan fingerprint density at radius 3 is 2.88 bits per heavy atom. The molecular weight excluding hydrogens is 208 g/mol. The number of carboxylic acid groups (broad SMARTS) is 1. The van der Waals surface area contributed by atoms with Crippen LogP contribution < -0.4 is 10.6 Å². The fourth-order valence-corrected chi connectivity index (χ4v) is 1.89. The number of carbonyl (C=O) groups is 2. The predicted molar refractivity (Wildman–Crippen MR) is 58.1 cm³/mol. The van der Waals surface area contributed by atoms with Crippen molar-refractivity contribution in [3.05, 3.63) is 29.8 Å². The molecule has 0 aromatic heterocycles. The van der Waals surface area contributed by atoms with Gasteiger partial charge in [0.05, 0.1) is 6.04 Å². The first-order valence-corrected chi connectivity index (χ1v) is 4.96. The van der Waals surface area contributed by atoms with Crippen molar-refractivity contribution in [1.82, 2.24) is 0 Å². The van der Waals surface area contributed by atoms with E-state index in [1.54, 1.807) is 12.1 Å². The van der Waals surface area contributed by atoms with E-state index in [9.17, 15) is 9.59 Å². The third-order valence-electron chi connectivity index (χ3n) is 2.60. The number of aliphatic carboxylic acids is 1. The lowest BCUT2D eigenvalue weighted by Crippen LogP contribution is -2.50. The number of carboxylic acids is 1. The lowest BCUT2D eigenvalue weighted by Gasteiger charge is -2.31. The van der Waals surface area contributed by atoms with Crippen LogP contribution in [0.1, 0.15) is 5.56 Å². The topological polar surface area (TPSA) is 83.6 Å². The second kappa shape index (κ2) is 3.94. The summed E-state index contributed by atoms with van der Waals surface area (Å²) in [6.07, 6.45) is 0.463. The van der Waals surface area contributed by atoms with Gasteiger partial charge >= 0.3 is 5.97 Å². The molecule has 5 nitrogen and oxygen atoms in total. The number of carbonyl (C=O) groups excluding carboxylic acids is 1. The Morgan fingerprint density at radius 1 is 1.50 bits per heavy atom. The summed E-state index contributed by atoms with van der Waals surface area (Å²) in [4.78, 5) is 23.7. The summed E-state index contributed by atoms with van der Waals surface area (Å²) < 4.78 is 0. The second-order valence-electron chi connectivity index (χ2n) is 3.76. The number of amides is 1. The number of rotatable bonds is 2. The Bertz CT molecular complexity index is 445. The molecule has 1 amide bonds. The summed E-state index contributed by atoms with van der Waals surface area (Å²) in [5.74, 6) is -1.38. The lowest BCUT2D eigenvalue weighted by atomic mass is 9.98. The Kier molecular flexibility index (Phi) is 2.62. The fourth-order valence-electron chi connectivity index (χ4n) is 1.89. The maximum Gasteiger partial charge on any atom is 0.323 e. The first-order valence-electron chi connectivity index (χ1n) is 4.96. The van der Waals surface area contributed by atoms with Crippen LogP contribution in [0.2, 0.25) is 0 Å². The molecule has 1 heterocycles. The van der Waals surface area contributed by atoms with Crippen LogP contribution in [0.4, 0.5) is 5.69 Å². The molecule has 5 heteroatoms. The maximum atomic E-state index is 11.8. The summed E-state index contributed by atoms with van der Waals surface area (Å²) in [5.41, 5.74) is 7.24. The van der Waals surface area contributed by atoms with Crippen molar-refractivity contribution >= 4 is 17.6 Å². The molecule has 3 N–H and O–H groups in total. The van der Waals surface area contributed by atoms with Gasteiger partial charge in [0.15, 0.2) is 0 Å². The van der Waals surface area contributed by atoms with Crippen molar-refractivity contribution in [2.75, 3.05) is 11.4 Å². The molecule has 2 rings (SSSR count). The molecule has 1 aromatic carbocycles. The lowest BCUT2D eigenvalue weighted by molar-refractivity contribution is -0.136. The SMILES string of the molecule is NC1Cc2ccccc2N(CC(=O)O)C1=O. The number of fused-ring (bicyclic) bond motifs is 1. The highest BCUT2D eigenvalue weighted by molar-refractivity contribution is 6.03. The van der Waals surface area contributed by atoms with Gasteiger partial charge in [-0.1, -0.05) is 18.2 Å². The number of para-hydroxylation sites is 1. The van der Waals surface area contributed by atoms with Crippen molar-refractivity contribution in [2.45, 2.75) is 12.5 Å². The fraction of sp³-hybridized carbons (Fsp3) is 0.273. The number of nitrogens with two attached hydrogens (primary N) is 1. The Hall–Kier alpha value is -1.88. The zero-order valence-electron chi connectivity index (χ0n) is 8.59. The predicted octanol–water partition coefficient (Wildman–Crippen LogP) is -0.0124. The maximum absolute atomic E-state index is 11.8. The summed E-state index contributed by atoms with van der Waals surface area (Å²) in [6.45, 7) is -0.344. The first kappa shape index (κ1) is 10.6. The molecule has 0 radical (unpaired) electrons. The highest BCUT2D eigenvalue weighted by atomic mass is 16.4. The molecule has 0 saturated carbocycles. The third kappa shape index (κ3) is 1.77. The molecule has 1 atom stereocenters. The molecule has 1 aliphatic rings. The van der Waals surface area contributed by atoms with E-state index in [2.05, 4.69) is 0 Å². The van der Waals surface area contributed by atoms with Gasteiger partial charge in [-0.25, -0.2) is 0 Å². The van der Waals surface area contributed by atoms with E-state index in [0.717, 1.165) is 5.56 Å². The van der Waals surface area contributed by atoms with Crippen LogP contribution in [0.15, 0.2) is 24.3 Å². The van der Waals surface area contributed by atoms with Crippen LogP contribution in [-0.2, 0) is 16.0 Å². The summed E-state index contributed by atoms with van der Waals surface area (Å²) in [5, 5.41) is 8.76. The van der Waals surface area contributed by atoms with Crippen LogP contribution in [-0.4, -0.2) is 29.6 Å². The second-order valence-corrected chi connectivity index (χ2v) is 3.76. The molecule has 0 bridgehead atoms. The average molecular weight is 220 g/mol. The Morgan fingerprint density at radius 2 is 2.19 bits per heavy atom. The van der Waals surface area contributed by atoms with E-state index in [1.807, 2.05) is 12.1 Å². The molecule has 0 fully saturated rings. The van der Waals surface area contributed by atoms with Gasteiger partial charge in [0.2, 0.25) is 5.91 Å². The molecule has 0 aliphatic carbocycles. The van der Waals surface area contributed by atoms with Crippen molar-refractivity contribution in [1.29, 1.82) is 0 Å². The third-order valence-corrected chi connectivity index (χ3v) is 2.60. The van der Waals surface area contributed by atoms with Crippen LogP contribution in [0, 0.1) is 0 Å². The van der Waals surface area contributed by atoms with E-state index in [1.165, 1.54) is 4.90 Å². The standard InChI is InChI=1S/C11H12N2O3/c12-8-5-7-3-1-2-4-9(7)13(11(8)16)6-10(14)15/h1-4,8H,5-6,12H2,(H,14,15). The molecule has 16 heavy (non-hydrogen) atoms. The highest BCUT2D eigenvalue weighted by Crippen LogP contribution is 2.26. The van der Waals surface area contributed by atoms with Crippen molar-refractivity contribution < 1.29 is 14.7 Å². The quantitative estimate of drug-likeness (QED) is 0.734. The largest absolute Gasteiger partial charge is 0.480 e. The number of hydrogen-bond acceptors (Lipinski definition) is 3. The summed E-state index contributed by atoms with van der Waals surface area (Å²) >= 11 is 0. The minimum atomic E-state index is -1.04. The number of benzene rings is 1. The van der Waals surface area contributed by atoms with E-state index >= 15 is 0 Å². The zero-order chi connectivity index (χ0) is 11.7. The monoisotopic (exact) mass is 220 g/mol. The molecule has 0 saturated heterocycles. The van der Waals surface area contributed by atoms with Gasteiger partial charge in [0, 0.05) is 5.69 Å². The molecule has 1 aromatic rings. The van der Waals surface area contributed by atoms with Crippen LogP contribution in [0.3, 0.4) is 0 Å². The smallest absolute Gasteiger partial charge is 0.323 e. The molecular formula is C11H12N2O3. The van der Waals surface area contributed by atoms with Gasteiger partial charge in [-0.3, -0.25) is 14.5 Å². The normalized spacial score (nSPS) is 19.4. The number of hydrogen-bond donors (Lipinski definition) is 2. The highest BCUT2D eigenvalue weighted by Gasteiger charge is 2.31. The zero-order valence-corrected chi connectivity index (χ0v) is 8.59. The first-order chi connectivity index (χ1) is 7.59. The minimum Gasteiger partial charge on any atom is -0.480 e. The van der Waals surface area contributed by atoms with E-state index in [4.69, 9.17) is 10.8 Å². The average Bonchev–Trinajstić information content (AvgIpc) is 2.24. The van der Waals surface area contributed by atoms with Gasteiger partial charge in [0.1, 0.15) is 6.54 Å². The van der Waals surface area contributed by atoms with Gasteiger partial charge in [-0.05, 0) is 18.1 Å². The summed E-state index contributed by atoms with van der Waals surface area (Å²) in [7, 11) is 0. The Labute approximate surface area is 92.5 Å². The Balaban J connectivity index is 2.41. The van der Waals surface area contributed by atoms with E-state index < -0.39 is 12.0 Å². The number of nitrogens with zero attached hydrogens (tertiary/aromatic N) is 1. The van der Waals surface area contributed by atoms with Gasteiger partial charge in [0.25, 0.3) is 0 Å². The molecule has 1 aliphatic heterocycles. The van der Waals surface area contributed by atoms with Crippen LogP contribution in [0.5, 0.6) is 0 Å². The number of anilines is 1. The minimum absolute atomic E-state index is 0.332. The van der Waals surface area contributed by atoms with Gasteiger partial charge < -0.3 is 10.8 Å². The van der Waals surface area contributed by atoms with Gasteiger partial charge in [-0.2, -0.15) is 0 Å². The van der Waals surface area contributed by atoms with E-state index in [-0.39, 0.29) is 12.5 Å². The van der Waals surface area contributed by atoms with Crippen LogP contribution in [0.25, 0.3) is 0 Å². The van der Waals surface area contributed by atoms with Crippen molar-refractivity contribution in [2.24, 2.45) is 5.73 Å². The molecule has 1 unspecified atom stereocenters. The molecule has 84 valence electrons. The van der Waals surface area contributed by atoms with Crippen molar-refractivity contribution in [3.8, 4) is 0 Å². The summed E-state index contributed by atoms with van der Waals surface area (Å²) in [6, 6.07) is 6.57. The van der Waals surface area contributed by atoms with E-state index in [0.29, 0.717) is 12.1 Å². The van der Waals surface area contributed by atoms with Crippen LogP contribution >= 0.6 is 0 Å². The van der Waals surface area contributed by atoms with Gasteiger partial charge in [-0.15, -0.1) is 0 Å².